The second-order valence-corrected chi connectivity index (χ2v) is 3.84. The zero-order valence-corrected chi connectivity index (χ0v) is 10.3. The van der Waals surface area contributed by atoms with Crippen LogP contribution in [-0.4, -0.2) is 24.3 Å². The van der Waals surface area contributed by atoms with Crippen LogP contribution in [0.5, 0.6) is 0 Å². The van der Waals surface area contributed by atoms with Gasteiger partial charge in [-0.3, -0.25) is 10.1 Å². The Kier molecular flexibility index (Phi) is 4.71. The summed E-state index contributed by atoms with van der Waals surface area (Å²) in [7, 11) is 1.57. The first kappa shape index (κ1) is 15.2. The van der Waals surface area contributed by atoms with Crippen LogP contribution in [0, 0.1) is 10.1 Å². The monoisotopic (exact) mass is 278 g/mol. The Morgan fingerprint density at radius 3 is 2.58 bits per heavy atom. The van der Waals surface area contributed by atoms with E-state index < -0.39 is 17.2 Å². The summed E-state index contributed by atoms with van der Waals surface area (Å²) in [6.07, 6.45) is -6.39. The van der Waals surface area contributed by atoms with Crippen LogP contribution in [0.15, 0.2) is 18.2 Å². The maximum atomic E-state index is 12.3. The number of hydrogen-bond acceptors (Lipinski definition) is 4. The fourth-order valence-electron chi connectivity index (χ4n) is 1.37. The predicted octanol–water partition coefficient (Wildman–Crippen LogP) is 3.10. The highest BCUT2D eigenvalue weighted by atomic mass is 19.4. The van der Waals surface area contributed by atoms with Crippen molar-refractivity contribution in [3.63, 3.8) is 0 Å². The van der Waals surface area contributed by atoms with Crippen molar-refractivity contribution in [2.24, 2.45) is 0 Å². The second kappa shape index (κ2) is 5.87. The minimum atomic E-state index is -4.46. The maximum absolute atomic E-state index is 12.3. The molecular formula is C11H13F3N2O3. The van der Waals surface area contributed by atoms with Crippen molar-refractivity contribution >= 4 is 11.4 Å². The van der Waals surface area contributed by atoms with Gasteiger partial charge in [0.15, 0.2) is 6.10 Å². The van der Waals surface area contributed by atoms with Crippen molar-refractivity contribution in [3.05, 3.63) is 33.9 Å². The number of hydrogen-bond donors (Lipinski definition) is 1. The number of nitro benzene ring substituents is 1. The lowest BCUT2D eigenvalue weighted by atomic mass is 10.1. The van der Waals surface area contributed by atoms with Gasteiger partial charge in [-0.05, 0) is 13.0 Å². The highest BCUT2D eigenvalue weighted by Crippen LogP contribution is 2.26. The molecule has 0 fully saturated rings. The average molecular weight is 278 g/mol. The molecule has 1 N–H and O–H groups in total. The van der Waals surface area contributed by atoms with E-state index in [1.807, 2.05) is 0 Å². The number of nitro groups is 1. The molecule has 0 spiro atoms. The molecule has 0 bridgehead atoms. The number of halogens is 3. The molecule has 0 aliphatic carbocycles. The molecule has 1 rings (SSSR count). The topological polar surface area (TPSA) is 64.4 Å². The molecule has 0 saturated carbocycles. The van der Waals surface area contributed by atoms with Crippen LogP contribution < -0.4 is 5.32 Å². The SMILES string of the molecule is CNc1ccc([N+](=O)[O-])cc1COC(C)C(F)(F)F. The zero-order chi connectivity index (χ0) is 14.6. The van der Waals surface area contributed by atoms with Gasteiger partial charge < -0.3 is 10.1 Å². The zero-order valence-electron chi connectivity index (χ0n) is 10.3. The Morgan fingerprint density at radius 1 is 1.47 bits per heavy atom. The van der Waals surface area contributed by atoms with Crippen LogP contribution in [0.4, 0.5) is 24.5 Å². The van der Waals surface area contributed by atoms with Crippen molar-refractivity contribution in [1.82, 2.24) is 0 Å². The molecular weight excluding hydrogens is 265 g/mol. The number of alkyl halides is 3. The summed E-state index contributed by atoms with van der Waals surface area (Å²) >= 11 is 0. The fraction of sp³-hybridized carbons (Fsp3) is 0.455. The molecule has 0 heterocycles. The van der Waals surface area contributed by atoms with E-state index in [1.165, 1.54) is 18.2 Å². The lowest BCUT2D eigenvalue weighted by molar-refractivity contribution is -0.384. The average Bonchev–Trinajstić information content (AvgIpc) is 2.34. The lowest BCUT2D eigenvalue weighted by Crippen LogP contribution is -2.28. The van der Waals surface area contributed by atoms with E-state index in [0.29, 0.717) is 11.3 Å². The van der Waals surface area contributed by atoms with Crippen LogP contribution >= 0.6 is 0 Å². The minimum absolute atomic E-state index is 0.197. The van der Waals surface area contributed by atoms with Gasteiger partial charge in [0.05, 0.1) is 11.5 Å². The Balaban J connectivity index is 2.87. The van der Waals surface area contributed by atoms with Crippen molar-refractivity contribution in [1.29, 1.82) is 0 Å². The number of nitrogens with one attached hydrogen (secondary N) is 1. The smallest absolute Gasteiger partial charge is 0.388 e. The molecule has 1 unspecified atom stereocenters. The van der Waals surface area contributed by atoms with Gasteiger partial charge >= 0.3 is 6.18 Å². The van der Waals surface area contributed by atoms with Crippen LogP contribution in [-0.2, 0) is 11.3 Å². The van der Waals surface area contributed by atoms with E-state index in [1.54, 1.807) is 7.05 Å². The Hall–Kier alpha value is -1.83. The summed E-state index contributed by atoms with van der Waals surface area (Å²) in [4.78, 5) is 10.00. The summed E-state index contributed by atoms with van der Waals surface area (Å²) in [6, 6.07) is 3.88. The van der Waals surface area contributed by atoms with Gasteiger partial charge in [0.2, 0.25) is 0 Å². The Labute approximate surface area is 107 Å². The van der Waals surface area contributed by atoms with Crippen LogP contribution in [0.3, 0.4) is 0 Å². The van der Waals surface area contributed by atoms with E-state index in [9.17, 15) is 23.3 Å². The number of ether oxygens (including phenoxy) is 1. The first-order valence-electron chi connectivity index (χ1n) is 5.39. The Morgan fingerprint density at radius 2 is 2.11 bits per heavy atom. The quantitative estimate of drug-likeness (QED) is 0.664. The standard InChI is InChI=1S/C11H13F3N2O3/c1-7(11(12,13)14)19-6-8-5-9(16(17)18)3-4-10(8)15-2/h3-5,7,15H,6H2,1-2H3. The van der Waals surface area contributed by atoms with Gasteiger partial charge in [-0.1, -0.05) is 0 Å². The summed E-state index contributed by atoms with van der Waals surface area (Å²) in [5.74, 6) is 0. The number of non-ortho nitro benzene ring substituents is 1. The normalized spacial score (nSPS) is 13.1. The number of nitrogens with zero attached hydrogens (tertiary/aromatic N) is 1. The van der Waals surface area contributed by atoms with E-state index in [0.717, 1.165) is 6.92 Å². The molecule has 0 saturated heterocycles. The lowest BCUT2D eigenvalue weighted by Gasteiger charge is -2.17. The molecule has 0 aliphatic rings. The first-order chi connectivity index (χ1) is 8.75. The van der Waals surface area contributed by atoms with E-state index >= 15 is 0 Å². The number of anilines is 1. The van der Waals surface area contributed by atoms with Gasteiger partial charge in [0.1, 0.15) is 0 Å². The molecule has 0 aromatic heterocycles. The summed E-state index contributed by atoms with van der Waals surface area (Å²) in [5.41, 5.74) is 0.588. The molecule has 19 heavy (non-hydrogen) atoms. The third kappa shape index (κ3) is 4.09. The molecule has 106 valence electrons. The van der Waals surface area contributed by atoms with Crippen LogP contribution in [0.25, 0.3) is 0 Å². The van der Waals surface area contributed by atoms with Gasteiger partial charge in [0, 0.05) is 30.4 Å². The van der Waals surface area contributed by atoms with Crippen molar-refractivity contribution < 1.29 is 22.8 Å². The third-order valence-electron chi connectivity index (χ3n) is 2.52. The number of rotatable bonds is 5. The molecule has 1 aromatic rings. The largest absolute Gasteiger partial charge is 0.414 e. The Bertz CT molecular complexity index is 463. The maximum Gasteiger partial charge on any atom is 0.414 e. The molecule has 8 heteroatoms. The van der Waals surface area contributed by atoms with Gasteiger partial charge in [-0.2, -0.15) is 13.2 Å². The summed E-state index contributed by atoms with van der Waals surface area (Å²) < 4.78 is 41.6. The first-order valence-corrected chi connectivity index (χ1v) is 5.39. The van der Waals surface area contributed by atoms with Crippen molar-refractivity contribution in [2.75, 3.05) is 12.4 Å². The fourth-order valence-corrected chi connectivity index (χ4v) is 1.37. The van der Waals surface area contributed by atoms with E-state index in [4.69, 9.17) is 0 Å². The predicted molar refractivity (Wildman–Crippen MR) is 62.9 cm³/mol. The highest BCUT2D eigenvalue weighted by Gasteiger charge is 2.37. The van der Waals surface area contributed by atoms with Gasteiger partial charge in [-0.15, -0.1) is 0 Å². The third-order valence-corrected chi connectivity index (χ3v) is 2.52. The second-order valence-electron chi connectivity index (χ2n) is 3.84. The molecule has 1 aromatic carbocycles. The van der Waals surface area contributed by atoms with E-state index in [-0.39, 0.29) is 12.3 Å². The summed E-state index contributed by atoms with van der Waals surface area (Å²) in [5, 5.41) is 13.4. The molecule has 0 aliphatic heterocycles. The molecule has 0 radical (unpaired) electrons. The minimum Gasteiger partial charge on any atom is -0.388 e. The molecule has 5 nitrogen and oxygen atoms in total. The summed E-state index contributed by atoms with van der Waals surface area (Å²) in [6.45, 7) is 0.523. The van der Waals surface area contributed by atoms with Crippen molar-refractivity contribution in [2.45, 2.75) is 25.8 Å². The number of benzene rings is 1. The van der Waals surface area contributed by atoms with Gasteiger partial charge in [-0.25, -0.2) is 0 Å². The highest BCUT2D eigenvalue weighted by molar-refractivity contribution is 5.55. The van der Waals surface area contributed by atoms with Crippen LogP contribution in [0.2, 0.25) is 0 Å². The van der Waals surface area contributed by atoms with Crippen molar-refractivity contribution in [3.8, 4) is 0 Å². The van der Waals surface area contributed by atoms with Gasteiger partial charge in [0.25, 0.3) is 5.69 Å². The van der Waals surface area contributed by atoms with Crippen LogP contribution in [0.1, 0.15) is 12.5 Å². The van der Waals surface area contributed by atoms with E-state index in [2.05, 4.69) is 10.1 Å². The molecule has 1 atom stereocenters. The molecule has 0 amide bonds.